The molecule has 0 unspecified atom stereocenters. The molecule has 2 aromatic carbocycles. The van der Waals surface area contributed by atoms with E-state index in [1.165, 1.54) is 0 Å². The van der Waals surface area contributed by atoms with Crippen molar-refractivity contribution in [1.29, 1.82) is 0 Å². The molecule has 0 radical (unpaired) electrons. The molecule has 26 heavy (non-hydrogen) atoms. The van der Waals surface area contributed by atoms with Gasteiger partial charge in [-0.2, -0.15) is 5.01 Å². The first-order valence-corrected chi connectivity index (χ1v) is 9.44. The van der Waals surface area contributed by atoms with E-state index < -0.39 is 11.8 Å². The summed E-state index contributed by atoms with van der Waals surface area (Å²) in [5.41, 5.74) is 4.57. The molecule has 2 amide bonds. The zero-order chi connectivity index (χ0) is 18.8. The molecule has 1 fully saturated rings. The van der Waals surface area contributed by atoms with Crippen LogP contribution in [0.15, 0.2) is 47.4 Å². The van der Waals surface area contributed by atoms with Crippen molar-refractivity contribution < 1.29 is 9.59 Å². The predicted octanol–water partition coefficient (Wildman–Crippen LogP) is 4.85. The molecular formula is C18H12Cl2N2O2S2. The third-order valence-electron chi connectivity index (χ3n) is 3.64. The largest absolute Gasteiger partial charge is 0.285 e. The lowest BCUT2D eigenvalue weighted by atomic mass is 10.1. The number of carbonyl (C=O) groups is 2. The second-order valence-electron chi connectivity index (χ2n) is 5.45. The van der Waals surface area contributed by atoms with Gasteiger partial charge in [-0.25, -0.2) is 0 Å². The smallest absolute Gasteiger partial charge is 0.267 e. The summed E-state index contributed by atoms with van der Waals surface area (Å²) in [4.78, 5) is 25.4. The summed E-state index contributed by atoms with van der Waals surface area (Å²) in [6.07, 6.45) is 1.65. The number of hydrogen-bond donors (Lipinski definition) is 1. The van der Waals surface area contributed by atoms with E-state index in [4.69, 9.17) is 35.4 Å². The average molecular weight is 423 g/mol. The molecule has 1 aliphatic rings. The summed E-state index contributed by atoms with van der Waals surface area (Å²) in [6.45, 7) is 1.82. The van der Waals surface area contributed by atoms with E-state index in [2.05, 4.69) is 5.43 Å². The lowest BCUT2D eigenvalue weighted by Crippen LogP contribution is -2.45. The van der Waals surface area contributed by atoms with Crippen molar-refractivity contribution in [2.75, 3.05) is 0 Å². The van der Waals surface area contributed by atoms with Crippen LogP contribution in [0.2, 0.25) is 10.0 Å². The topological polar surface area (TPSA) is 49.4 Å². The summed E-state index contributed by atoms with van der Waals surface area (Å²) in [7, 11) is 0. The first-order chi connectivity index (χ1) is 12.4. The Labute approximate surface area is 170 Å². The van der Waals surface area contributed by atoms with Crippen molar-refractivity contribution in [3.8, 4) is 0 Å². The summed E-state index contributed by atoms with van der Waals surface area (Å²) >= 11 is 18.2. The molecule has 1 N–H and O–H groups in total. The number of thioether (sulfide) groups is 1. The first kappa shape index (κ1) is 18.9. The normalized spacial score (nSPS) is 15.7. The second kappa shape index (κ2) is 7.80. The maximum atomic E-state index is 12.6. The summed E-state index contributed by atoms with van der Waals surface area (Å²) in [6, 6.07) is 12.2. The lowest BCUT2D eigenvalue weighted by molar-refractivity contribution is -0.123. The monoisotopic (exact) mass is 422 g/mol. The number of nitrogens with one attached hydrogen (secondary N) is 1. The van der Waals surface area contributed by atoms with Crippen molar-refractivity contribution in [3.63, 3.8) is 0 Å². The Bertz CT molecular complexity index is 960. The van der Waals surface area contributed by atoms with Gasteiger partial charge in [-0.1, -0.05) is 59.2 Å². The van der Waals surface area contributed by atoms with Crippen LogP contribution in [0.4, 0.5) is 0 Å². The van der Waals surface area contributed by atoms with Gasteiger partial charge in [0.25, 0.3) is 11.8 Å². The van der Waals surface area contributed by atoms with E-state index in [0.29, 0.717) is 26.1 Å². The zero-order valence-corrected chi connectivity index (χ0v) is 16.6. The Balaban J connectivity index is 1.80. The number of amides is 2. The van der Waals surface area contributed by atoms with Crippen LogP contribution in [0.1, 0.15) is 21.5 Å². The minimum Gasteiger partial charge on any atom is -0.267 e. The van der Waals surface area contributed by atoms with Crippen LogP contribution < -0.4 is 5.43 Å². The van der Waals surface area contributed by atoms with Gasteiger partial charge >= 0.3 is 0 Å². The highest BCUT2D eigenvalue weighted by Gasteiger charge is 2.34. The van der Waals surface area contributed by atoms with Gasteiger partial charge < -0.3 is 0 Å². The Kier molecular flexibility index (Phi) is 5.67. The maximum Gasteiger partial charge on any atom is 0.285 e. The predicted molar refractivity (Wildman–Crippen MR) is 110 cm³/mol. The lowest BCUT2D eigenvalue weighted by Gasteiger charge is -2.16. The van der Waals surface area contributed by atoms with Crippen molar-refractivity contribution in [1.82, 2.24) is 10.4 Å². The molecule has 0 bridgehead atoms. The average Bonchev–Trinajstić information content (AvgIpc) is 2.86. The Hall–Kier alpha value is -1.86. The molecule has 0 aromatic heterocycles. The fourth-order valence-electron chi connectivity index (χ4n) is 2.31. The second-order valence-corrected chi connectivity index (χ2v) is 7.94. The number of aryl methyl sites for hydroxylation is 1. The SMILES string of the molecule is Cc1ccccc1C(=O)NN1C(=O)/C(=C/c2ccc(Cl)c(Cl)c2)SC1=S. The van der Waals surface area contributed by atoms with Crippen LogP contribution in [-0.2, 0) is 4.79 Å². The molecule has 1 saturated heterocycles. The molecule has 3 rings (SSSR count). The Morgan fingerprint density at radius 2 is 1.92 bits per heavy atom. The molecule has 0 atom stereocenters. The number of carbonyl (C=O) groups excluding carboxylic acids is 2. The van der Waals surface area contributed by atoms with E-state index in [1.54, 1.807) is 36.4 Å². The molecule has 2 aromatic rings. The van der Waals surface area contributed by atoms with Gasteiger partial charge in [0.1, 0.15) is 0 Å². The van der Waals surface area contributed by atoms with Gasteiger partial charge in [0.05, 0.1) is 15.0 Å². The first-order valence-electron chi connectivity index (χ1n) is 7.46. The minimum absolute atomic E-state index is 0.253. The van der Waals surface area contributed by atoms with Gasteiger partial charge in [-0.3, -0.25) is 15.0 Å². The molecular weight excluding hydrogens is 411 g/mol. The summed E-state index contributed by atoms with van der Waals surface area (Å²) < 4.78 is 0.253. The number of halogens is 2. The van der Waals surface area contributed by atoms with E-state index in [-0.39, 0.29) is 4.32 Å². The van der Waals surface area contributed by atoms with Crippen LogP contribution in [0.3, 0.4) is 0 Å². The highest BCUT2D eigenvalue weighted by atomic mass is 35.5. The van der Waals surface area contributed by atoms with Crippen LogP contribution in [0.25, 0.3) is 6.08 Å². The standard InChI is InChI=1S/C18H12Cl2N2O2S2/c1-10-4-2-3-5-12(10)16(23)21-22-17(24)15(26-18(22)25)9-11-6-7-13(19)14(20)8-11/h2-9H,1H3,(H,21,23)/b15-9-. The third kappa shape index (κ3) is 3.94. The minimum atomic E-state index is -0.395. The number of rotatable bonds is 3. The van der Waals surface area contributed by atoms with Crippen LogP contribution in [0.5, 0.6) is 0 Å². The summed E-state index contributed by atoms with van der Waals surface area (Å²) in [5, 5.41) is 1.91. The number of benzene rings is 2. The van der Waals surface area contributed by atoms with Crippen molar-refractivity contribution in [3.05, 3.63) is 74.1 Å². The van der Waals surface area contributed by atoms with Crippen molar-refractivity contribution >= 4 is 69.4 Å². The Morgan fingerprint density at radius 3 is 2.62 bits per heavy atom. The van der Waals surface area contributed by atoms with Crippen LogP contribution >= 0.6 is 47.2 Å². The van der Waals surface area contributed by atoms with Crippen LogP contribution in [0, 0.1) is 6.92 Å². The molecule has 8 heteroatoms. The van der Waals surface area contributed by atoms with Crippen molar-refractivity contribution in [2.45, 2.75) is 6.92 Å². The molecule has 0 spiro atoms. The van der Waals surface area contributed by atoms with E-state index in [0.717, 1.165) is 22.3 Å². The van der Waals surface area contributed by atoms with Gasteiger partial charge in [-0.15, -0.1) is 0 Å². The van der Waals surface area contributed by atoms with Gasteiger partial charge in [-0.05, 0) is 54.5 Å². The summed E-state index contributed by atoms with van der Waals surface area (Å²) in [5.74, 6) is -0.789. The molecule has 0 saturated carbocycles. The van der Waals surface area contributed by atoms with Crippen molar-refractivity contribution in [2.24, 2.45) is 0 Å². The fourth-order valence-corrected chi connectivity index (χ4v) is 3.79. The van der Waals surface area contributed by atoms with E-state index >= 15 is 0 Å². The Morgan fingerprint density at radius 1 is 1.19 bits per heavy atom. The highest BCUT2D eigenvalue weighted by Crippen LogP contribution is 2.32. The fraction of sp³-hybridized carbons (Fsp3) is 0.0556. The highest BCUT2D eigenvalue weighted by molar-refractivity contribution is 8.26. The molecule has 0 aliphatic carbocycles. The van der Waals surface area contributed by atoms with Gasteiger partial charge in [0, 0.05) is 5.56 Å². The number of nitrogens with zero attached hydrogens (tertiary/aromatic N) is 1. The quantitative estimate of drug-likeness (QED) is 0.567. The van der Waals surface area contributed by atoms with Crippen LogP contribution in [-0.4, -0.2) is 21.1 Å². The molecule has 4 nitrogen and oxygen atoms in total. The zero-order valence-electron chi connectivity index (χ0n) is 13.5. The van der Waals surface area contributed by atoms with Gasteiger partial charge in [0.15, 0.2) is 4.32 Å². The molecule has 132 valence electrons. The number of hydrogen-bond acceptors (Lipinski definition) is 4. The molecule has 1 heterocycles. The maximum absolute atomic E-state index is 12.6. The number of hydrazine groups is 1. The number of thiocarbonyl (C=S) groups is 1. The van der Waals surface area contributed by atoms with Gasteiger partial charge in [0.2, 0.25) is 0 Å². The third-order valence-corrected chi connectivity index (χ3v) is 5.68. The molecule has 1 aliphatic heterocycles. The van der Waals surface area contributed by atoms with E-state index in [9.17, 15) is 9.59 Å². The van der Waals surface area contributed by atoms with E-state index in [1.807, 2.05) is 19.1 Å².